The Labute approximate surface area is 63.8 Å². The van der Waals surface area contributed by atoms with Crippen molar-refractivity contribution in [3.63, 3.8) is 0 Å². The molecule has 0 aromatic rings. The molecule has 0 heterocycles. The molecule has 0 bridgehead atoms. The Morgan fingerprint density at radius 3 is 1.33 bits per heavy atom. The molecule has 3 heteroatoms. The molecular formula is C6H8O2W-. The fourth-order valence-corrected chi connectivity index (χ4v) is 0.321. The summed E-state index contributed by atoms with van der Waals surface area (Å²) in [5, 5.41) is 0. The van der Waals surface area contributed by atoms with Crippen LogP contribution in [0.4, 0.5) is 0 Å². The van der Waals surface area contributed by atoms with E-state index in [1.165, 1.54) is 0 Å². The summed E-state index contributed by atoms with van der Waals surface area (Å²) in [4.78, 5) is 0. The van der Waals surface area contributed by atoms with Crippen LogP contribution in [0.25, 0.3) is 0 Å². The molecule has 1 rings (SSSR count). The van der Waals surface area contributed by atoms with E-state index in [9.17, 15) is 0 Å². The zero-order valence-corrected chi connectivity index (χ0v) is 8.04. The Morgan fingerprint density at radius 1 is 0.889 bits per heavy atom. The van der Waals surface area contributed by atoms with Crippen LogP contribution < -0.4 is 0 Å². The second kappa shape index (κ2) is 10.7. The average Bonchev–Trinajstić information content (AvgIpc) is 2.17. The maximum atomic E-state index is 8.54. The molecule has 2 nitrogen and oxygen atoms in total. The van der Waals surface area contributed by atoms with Gasteiger partial charge in [-0.15, -0.1) is 0 Å². The Hall–Kier alpha value is -0.232. The Bertz CT molecular complexity index is 122. The molecule has 51 valence electrons. The molecule has 1 radical (unpaired) electrons. The van der Waals surface area contributed by atoms with Gasteiger partial charge in [-0.1, -0.05) is 24.3 Å². The molecule has 0 aromatic heterocycles. The molecule has 0 saturated carbocycles. The average molecular weight is 296 g/mol. The second-order valence-electron chi connectivity index (χ2n) is 1.03. The predicted octanol–water partition coefficient (Wildman–Crippen LogP) is 1.53. The van der Waals surface area contributed by atoms with Gasteiger partial charge in [0.2, 0.25) is 0 Å². The van der Waals surface area contributed by atoms with Crippen LogP contribution in [0.2, 0.25) is 0 Å². The van der Waals surface area contributed by atoms with E-state index in [1.54, 1.807) is 0 Å². The van der Waals surface area contributed by atoms with Gasteiger partial charge in [-0.25, -0.2) is 0 Å². The van der Waals surface area contributed by atoms with Crippen LogP contribution in [0.1, 0.15) is 0 Å². The van der Waals surface area contributed by atoms with Crippen molar-refractivity contribution >= 4 is 0 Å². The van der Waals surface area contributed by atoms with Crippen molar-refractivity contribution in [3.05, 3.63) is 38.2 Å². The van der Waals surface area contributed by atoms with Gasteiger partial charge < -0.3 is 7.43 Å². The van der Waals surface area contributed by atoms with Crippen LogP contribution in [-0.4, -0.2) is 0 Å². The second-order valence-corrected chi connectivity index (χ2v) is 1.52. The summed E-state index contributed by atoms with van der Waals surface area (Å²) < 4.78 is 17.1. The van der Waals surface area contributed by atoms with Gasteiger partial charge in [0.15, 0.2) is 0 Å². The first-order valence-corrected chi connectivity index (χ1v) is 4.40. The maximum absolute atomic E-state index is 8.54. The van der Waals surface area contributed by atoms with Crippen molar-refractivity contribution in [1.29, 1.82) is 0 Å². The molecule has 0 atom stereocenters. The quantitative estimate of drug-likeness (QED) is 0.635. The van der Waals surface area contributed by atoms with Gasteiger partial charge in [0.05, 0.1) is 0 Å². The van der Waals surface area contributed by atoms with Crippen LogP contribution in [-0.2, 0) is 25.3 Å². The van der Waals surface area contributed by atoms with Crippen molar-refractivity contribution in [3.8, 4) is 0 Å². The predicted molar refractivity (Wildman–Crippen MR) is 30.4 cm³/mol. The van der Waals surface area contributed by atoms with Gasteiger partial charge in [0.1, 0.15) is 0 Å². The first kappa shape index (κ1) is 11.6. The van der Waals surface area contributed by atoms with Crippen LogP contribution in [0, 0.1) is 13.8 Å². The van der Waals surface area contributed by atoms with E-state index in [0.717, 1.165) is 0 Å². The van der Waals surface area contributed by atoms with Gasteiger partial charge in [-0.2, -0.15) is 0 Å². The van der Waals surface area contributed by atoms with Crippen molar-refractivity contribution < 1.29 is 25.3 Å². The molecule has 0 spiro atoms. The molecule has 0 aromatic carbocycles. The van der Waals surface area contributed by atoms with Gasteiger partial charge in [0.25, 0.3) is 0 Å². The summed E-state index contributed by atoms with van der Waals surface area (Å²) in [6, 6.07) is 0. The monoisotopic (exact) mass is 296 g/mol. The van der Waals surface area contributed by atoms with E-state index >= 15 is 0 Å². The molecule has 1 aliphatic carbocycles. The minimum absolute atomic E-state index is 0. The standard InChI is InChI=1S/C5H5.CH3.2O.W/c1-2-4-5-3-1;;;;/h1-5H;1H3;;;/q;-1;;;. The summed E-state index contributed by atoms with van der Waals surface area (Å²) in [5.74, 6) is 0. The van der Waals surface area contributed by atoms with Gasteiger partial charge in [-0.3, -0.25) is 0 Å². The SMILES string of the molecule is [CH3-].[CH]1C=CC=C1.[O]=[W]=[O]. The number of rotatable bonds is 0. The molecule has 0 amide bonds. The Kier molecular flexibility index (Phi) is 13.7. The Balaban J connectivity index is 0. The molecule has 0 aliphatic heterocycles. The van der Waals surface area contributed by atoms with E-state index in [2.05, 4.69) is 0 Å². The van der Waals surface area contributed by atoms with Crippen molar-refractivity contribution in [2.24, 2.45) is 0 Å². The molecule has 9 heavy (non-hydrogen) atoms. The van der Waals surface area contributed by atoms with Crippen LogP contribution >= 0.6 is 0 Å². The van der Waals surface area contributed by atoms with E-state index in [0.29, 0.717) is 0 Å². The van der Waals surface area contributed by atoms with Gasteiger partial charge in [-0.05, 0) is 0 Å². The summed E-state index contributed by atoms with van der Waals surface area (Å²) in [6.45, 7) is 0. The molecular weight excluding hydrogens is 288 g/mol. The van der Waals surface area contributed by atoms with E-state index in [4.69, 9.17) is 6.80 Å². The normalized spacial score (nSPS) is 11.1. The molecule has 0 saturated heterocycles. The van der Waals surface area contributed by atoms with E-state index in [-0.39, 0.29) is 7.43 Å². The summed E-state index contributed by atoms with van der Waals surface area (Å²) in [7, 11) is 0. The fourth-order valence-electron chi connectivity index (χ4n) is 0.321. The third-order valence-corrected chi connectivity index (χ3v) is 0.556. The number of hydrogen-bond acceptors (Lipinski definition) is 2. The minimum atomic E-state index is -2.25. The third-order valence-electron chi connectivity index (χ3n) is 0.556. The molecule has 1 aliphatic rings. The van der Waals surface area contributed by atoms with Crippen molar-refractivity contribution in [2.45, 2.75) is 0 Å². The topological polar surface area (TPSA) is 34.1 Å². The van der Waals surface area contributed by atoms with Crippen LogP contribution in [0.3, 0.4) is 0 Å². The number of allylic oxidation sites excluding steroid dienone is 4. The fraction of sp³-hybridized carbons (Fsp3) is 0. The van der Waals surface area contributed by atoms with Crippen molar-refractivity contribution in [2.75, 3.05) is 0 Å². The molecule has 0 unspecified atom stereocenters. The summed E-state index contributed by atoms with van der Waals surface area (Å²) >= 11 is -2.25. The summed E-state index contributed by atoms with van der Waals surface area (Å²) in [6.07, 6.45) is 10.0. The van der Waals surface area contributed by atoms with Crippen LogP contribution in [0.15, 0.2) is 24.3 Å². The van der Waals surface area contributed by atoms with Crippen LogP contribution in [0.5, 0.6) is 0 Å². The van der Waals surface area contributed by atoms with Gasteiger partial charge in [0, 0.05) is 6.42 Å². The van der Waals surface area contributed by atoms with E-state index < -0.39 is 18.5 Å². The first-order valence-electron chi connectivity index (χ1n) is 2.00. The first-order chi connectivity index (χ1) is 3.91. The molecule has 0 fully saturated rings. The van der Waals surface area contributed by atoms with Crippen molar-refractivity contribution in [1.82, 2.24) is 0 Å². The van der Waals surface area contributed by atoms with Gasteiger partial charge >= 0.3 is 25.3 Å². The van der Waals surface area contributed by atoms with E-state index in [1.807, 2.05) is 30.7 Å². The third kappa shape index (κ3) is 11.4. The zero-order valence-electron chi connectivity index (χ0n) is 5.11. The Morgan fingerprint density at radius 2 is 1.22 bits per heavy atom. The number of hydrogen-bond donors (Lipinski definition) is 0. The molecule has 0 N–H and O–H groups in total. The summed E-state index contributed by atoms with van der Waals surface area (Å²) in [5.41, 5.74) is 0. The zero-order chi connectivity index (χ0) is 6.24.